The highest BCUT2D eigenvalue weighted by molar-refractivity contribution is 5.11. The van der Waals surface area contributed by atoms with E-state index in [-0.39, 0.29) is 0 Å². The van der Waals surface area contributed by atoms with Gasteiger partial charge in [-0.1, -0.05) is 13.3 Å². The minimum absolute atomic E-state index is 0.418. The van der Waals surface area contributed by atoms with Crippen LogP contribution >= 0.6 is 0 Å². The highest BCUT2D eigenvalue weighted by atomic mass is 16.3. The lowest BCUT2D eigenvalue weighted by Gasteiger charge is -2.51. The van der Waals surface area contributed by atoms with Crippen LogP contribution in [0.3, 0.4) is 0 Å². The van der Waals surface area contributed by atoms with Crippen LogP contribution in [-0.4, -0.2) is 29.6 Å². The number of aryl methyl sites for hydroxylation is 1. The van der Waals surface area contributed by atoms with Crippen molar-refractivity contribution < 1.29 is 4.42 Å². The van der Waals surface area contributed by atoms with Crippen molar-refractivity contribution in [1.29, 1.82) is 0 Å². The summed E-state index contributed by atoms with van der Waals surface area (Å²) in [6.07, 6.45) is 6.70. The van der Waals surface area contributed by atoms with Gasteiger partial charge in [-0.25, -0.2) is 0 Å². The highest BCUT2D eigenvalue weighted by Gasteiger charge is 2.41. The normalized spacial score (nSPS) is 32.2. The van der Waals surface area contributed by atoms with Crippen LogP contribution in [-0.2, 0) is 0 Å². The van der Waals surface area contributed by atoms with Gasteiger partial charge in [0.25, 0.3) is 0 Å². The van der Waals surface area contributed by atoms with E-state index in [4.69, 9.17) is 4.42 Å². The Bertz CT molecular complexity index is 428. The van der Waals surface area contributed by atoms with Gasteiger partial charge in [0, 0.05) is 18.1 Å². The van der Waals surface area contributed by atoms with Crippen molar-refractivity contribution in [2.75, 3.05) is 6.54 Å². The fraction of sp³-hybridized carbons (Fsp3) is 0.765. The van der Waals surface area contributed by atoms with Crippen molar-refractivity contribution >= 4 is 0 Å². The van der Waals surface area contributed by atoms with Gasteiger partial charge in [-0.05, 0) is 58.2 Å². The molecule has 2 aliphatic heterocycles. The topological polar surface area (TPSA) is 28.4 Å². The maximum absolute atomic E-state index is 5.88. The molecule has 3 nitrogen and oxygen atoms in total. The van der Waals surface area contributed by atoms with Crippen molar-refractivity contribution in [3.05, 3.63) is 23.7 Å². The van der Waals surface area contributed by atoms with Gasteiger partial charge in [-0.15, -0.1) is 0 Å². The first-order valence-corrected chi connectivity index (χ1v) is 8.26. The number of fused-ring (bicyclic) bond motifs is 2. The molecule has 3 atom stereocenters. The molecule has 1 N–H and O–H groups in total. The van der Waals surface area contributed by atoms with Crippen LogP contribution in [0, 0.1) is 6.92 Å². The summed E-state index contributed by atoms with van der Waals surface area (Å²) in [7, 11) is 0. The molecule has 3 heterocycles. The predicted octanol–water partition coefficient (Wildman–Crippen LogP) is 3.64. The van der Waals surface area contributed by atoms with Crippen LogP contribution in [0.5, 0.6) is 0 Å². The summed E-state index contributed by atoms with van der Waals surface area (Å²) < 4.78 is 5.88. The smallest absolute Gasteiger partial charge is 0.121 e. The molecule has 0 amide bonds. The van der Waals surface area contributed by atoms with Crippen LogP contribution in [0.2, 0.25) is 0 Å². The van der Waals surface area contributed by atoms with Gasteiger partial charge in [0.05, 0.1) is 6.04 Å². The molecule has 2 saturated heterocycles. The van der Waals surface area contributed by atoms with Gasteiger partial charge in [0.1, 0.15) is 11.5 Å². The molecule has 0 aromatic carbocycles. The second-order valence-electron chi connectivity index (χ2n) is 6.54. The molecule has 3 heteroatoms. The minimum atomic E-state index is 0.418. The lowest BCUT2D eigenvalue weighted by atomic mass is 9.80. The zero-order valence-electron chi connectivity index (χ0n) is 13.1. The molecule has 0 radical (unpaired) electrons. The predicted molar refractivity (Wildman–Crippen MR) is 81.8 cm³/mol. The van der Waals surface area contributed by atoms with E-state index in [1.54, 1.807) is 0 Å². The molecular weight excluding hydrogens is 248 g/mol. The van der Waals surface area contributed by atoms with E-state index < -0.39 is 0 Å². The van der Waals surface area contributed by atoms with E-state index in [9.17, 15) is 0 Å². The monoisotopic (exact) mass is 276 g/mol. The molecule has 112 valence electrons. The summed E-state index contributed by atoms with van der Waals surface area (Å²) in [6.45, 7) is 7.67. The van der Waals surface area contributed by atoms with E-state index in [1.165, 1.54) is 32.1 Å². The van der Waals surface area contributed by atoms with Crippen LogP contribution in [0.15, 0.2) is 16.5 Å². The van der Waals surface area contributed by atoms with Gasteiger partial charge >= 0.3 is 0 Å². The summed E-state index contributed by atoms with van der Waals surface area (Å²) >= 11 is 0. The first-order valence-electron chi connectivity index (χ1n) is 8.26. The Labute approximate surface area is 122 Å². The summed E-state index contributed by atoms with van der Waals surface area (Å²) in [6, 6.07) is 6.84. The van der Waals surface area contributed by atoms with E-state index in [1.807, 2.05) is 6.92 Å². The van der Waals surface area contributed by atoms with Crippen LogP contribution in [0.4, 0.5) is 0 Å². The molecule has 1 aromatic rings. The van der Waals surface area contributed by atoms with Gasteiger partial charge in [0.15, 0.2) is 0 Å². The molecule has 0 spiro atoms. The summed E-state index contributed by atoms with van der Waals surface area (Å²) in [4.78, 5) is 2.75. The third kappa shape index (κ3) is 2.66. The molecule has 20 heavy (non-hydrogen) atoms. The maximum atomic E-state index is 5.88. The van der Waals surface area contributed by atoms with Crippen LogP contribution in [0.1, 0.15) is 63.5 Å². The van der Waals surface area contributed by atoms with Crippen molar-refractivity contribution in [3.8, 4) is 0 Å². The summed E-state index contributed by atoms with van der Waals surface area (Å²) in [5.41, 5.74) is 0. The molecule has 3 rings (SSSR count). The molecule has 3 unspecified atom stereocenters. The molecular formula is C17H28N2O. The Morgan fingerprint density at radius 2 is 2.00 bits per heavy atom. The Balaban J connectivity index is 1.76. The minimum Gasteiger partial charge on any atom is -0.465 e. The number of hydrogen-bond donors (Lipinski definition) is 1. The van der Waals surface area contributed by atoms with Crippen LogP contribution in [0.25, 0.3) is 0 Å². The third-order valence-electron chi connectivity index (χ3n) is 5.14. The number of hydrogen-bond acceptors (Lipinski definition) is 3. The number of nitrogens with zero attached hydrogens (tertiary/aromatic N) is 1. The average Bonchev–Trinajstić information content (AvgIpc) is 2.84. The molecule has 2 aliphatic rings. The van der Waals surface area contributed by atoms with Gasteiger partial charge in [-0.3, -0.25) is 4.90 Å². The van der Waals surface area contributed by atoms with E-state index in [0.29, 0.717) is 6.04 Å². The first kappa shape index (κ1) is 14.2. The number of rotatable bonds is 4. The van der Waals surface area contributed by atoms with Crippen molar-refractivity contribution in [2.24, 2.45) is 0 Å². The first-order chi connectivity index (χ1) is 9.69. The number of furan rings is 1. The Kier molecular flexibility index (Phi) is 4.18. The lowest BCUT2D eigenvalue weighted by molar-refractivity contribution is -0.0123. The molecule has 1 aromatic heterocycles. The maximum Gasteiger partial charge on any atom is 0.121 e. The SMILES string of the molecule is CCNC1CC2CCCC(C1)N2C(C)c1ccc(C)o1. The van der Waals surface area contributed by atoms with Gasteiger partial charge in [0.2, 0.25) is 0 Å². The Morgan fingerprint density at radius 3 is 2.55 bits per heavy atom. The highest BCUT2D eigenvalue weighted by Crippen LogP contribution is 2.40. The second kappa shape index (κ2) is 5.90. The number of piperidine rings is 2. The van der Waals surface area contributed by atoms with Gasteiger partial charge in [-0.2, -0.15) is 0 Å². The number of nitrogens with one attached hydrogen (secondary N) is 1. The molecule has 0 saturated carbocycles. The van der Waals surface area contributed by atoms with Crippen molar-refractivity contribution in [1.82, 2.24) is 10.2 Å². The van der Waals surface area contributed by atoms with Gasteiger partial charge < -0.3 is 9.73 Å². The Morgan fingerprint density at radius 1 is 1.30 bits per heavy atom. The van der Waals surface area contributed by atoms with Crippen LogP contribution < -0.4 is 5.32 Å². The molecule has 0 aliphatic carbocycles. The van der Waals surface area contributed by atoms with Crippen molar-refractivity contribution in [2.45, 2.75) is 77.0 Å². The lowest BCUT2D eigenvalue weighted by Crippen LogP contribution is -2.56. The average molecular weight is 276 g/mol. The van der Waals surface area contributed by atoms with E-state index in [2.05, 4.69) is 36.2 Å². The summed E-state index contributed by atoms with van der Waals surface area (Å²) in [5.74, 6) is 2.17. The largest absolute Gasteiger partial charge is 0.465 e. The zero-order valence-corrected chi connectivity index (χ0v) is 13.1. The van der Waals surface area contributed by atoms with E-state index in [0.717, 1.165) is 36.2 Å². The molecule has 2 fully saturated rings. The van der Waals surface area contributed by atoms with E-state index >= 15 is 0 Å². The van der Waals surface area contributed by atoms with Crippen molar-refractivity contribution in [3.63, 3.8) is 0 Å². The third-order valence-corrected chi connectivity index (χ3v) is 5.14. The fourth-order valence-electron chi connectivity index (χ4n) is 4.33. The standard InChI is InChI=1S/C17H28N2O/c1-4-18-14-10-15-6-5-7-16(11-14)19(15)13(3)17-9-8-12(2)20-17/h8-9,13-16,18H,4-7,10-11H2,1-3H3. The zero-order chi connectivity index (χ0) is 14.1. The molecule has 2 bridgehead atoms. The fourth-order valence-corrected chi connectivity index (χ4v) is 4.33. The Hall–Kier alpha value is -0.800. The quantitative estimate of drug-likeness (QED) is 0.910. The second-order valence-corrected chi connectivity index (χ2v) is 6.54. The summed E-state index contributed by atoms with van der Waals surface area (Å²) in [5, 5.41) is 3.67.